The second-order valence-electron chi connectivity index (χ2n) is 11.4. The van der Waals surface area contributed by atoms with Crippen LogP contribution in [0.4, 0.5) is 10.5 Å². The van der Waals surface area contributed by atoms with Crippen LogP contribution in [-0.4, -0.2) is 78.2 Å². The maximum absolute atomic E-state index is 14.1. The van der Waals surface area contributed by atoms with Gasteiger partial charge in [0.2, 0.25) is 10.0 Å². The standard InChI is InChI=1S/C27H29N3O10S2/c1-17-5-9-20(10-6-17)41(35,36)28-16-23(27-14-13-19(39-27)15-22(31)24(27)28)29(25(32)40-26(2,3)4)42(37,38)21-11-7-18(8-12-21)30(33)34/h5-14,19,23-24H,15-16H2,1-4H3/t19-,23-,24-,27-/m0/s1. The summed E-state index contributed by atoms with van der Waals surface area (Å²) in [6.45, 7) is 5.74. The molecular weight excluding hydrogens is 590 g/mol. The smallest absolute Gasteiger partial charge is 0.424 e. The number of ether oxygens (including phenoxy) is 2. The molecule has 15 heteroatoms. The molecule has 0 aromatic heterocycles. The van der Waals surface area contributed by atoms with Gasteiger partial charge in [-0.3, -0.25) is 14.9 Å². The molecule has 224 valence electrons. The van der Waals surface area contributed by atoms with Gasteiger partial charge < -0.3 is 9.47 Å². The molecule has 3 aliphatic rings. The third-order valence-electron chi connectivity index (χ3n) is 7.31. The normalized spacial score (nSPS) is 25.7. The molecule has 0 radical (unpaired) electrons. The van der Waals surface area contributed by atoms with Crippen LogP contribution >= 0.6 is 0 Å². The number of ketones is 1. The van der Waals surface area contributed by atoms with Crippen molar-refractivity contribution in [2.24, 2.45) is 0 Å². The van der Waals surface area contributed by atoms with Crippen molar-refractivity contribution >= 4 is 37.6 Å². The number of carbonyl (C=O) groups is 2. The molecule has 3 heterocycles. The van der Waals surface area contributed by atoms with Gasteiger partial charge in [-0.15, -0.1) is 0 Å². The van der Waals surface area contributed by atoms with Gasteiger partial charge >= 0.3 is 6.09 Å². The molecule has 2 saturated heterocycles. The van der Waals surface area contributed by atoms with Gasteiger partial charge in [0.05, 0.1) is 20.8 Å². The topological polar surface area (TPSA) is 170 Å². The average Bonchev–Trinajstić information content (AvgIpc) is 3.42. The van der Waals surface area contributed by atoms with Crippen LogP contribution in [0.3, 0.4) is 0 Å². The van der Waals surface area contributed by atoms with Crippen LogP contribution in [-0.2, 0) is 34.3 Å². The van der Waals surface area contributed by atoms with E-state index in [1.807, 2.05) is 0 Å². The van der Waals surface area contributed by atoms with E-state index in [2.05, 4.69) is 0 Å². The molecule has 3 aliphatic heterocycles. The SMILES string of the molecule is Cc1ccc(S(=O)(=O)N2C[C@H](N(C(=O)OC(C)(C)C)S(=O)(=O)c3ccc([N+](=O)[O-])cc3)[C@@]34C=C[C@@H](CC(=O)[C@H]23)O4)cc1. The number of hydrogen-bond acceptors (Lipinski definition) is 10. The number of nitro groups is 1. The largest absolute Gasteiger partial charge is 0.443 e. The number of nitro benzene ring substituents is 1. The Morgan fingerprint density at radius 3 is 2.24 bits per heavy atom. The fourth-order valence-electron chi connectivity index (χ4n) is 5.49. The fraction of sp³-hybridized carbons (Fsp3) is 0.407. The van der Waals surface area contributed by atoms with E-state index >= 15 is 0 Å². The van der Waals surface area contributed by atoms with Crippen LogP contribution in [0.5, 0.6) is 0 Å². The first-order valence-corrected chi connectivity index (χ1v) is 15.9. The lowest BCUT2D eigenvalue weighted by molar-refractivity contribution is -0.384. The van der Waals surface area contributed by atoms with E-state index in [9.17, 15) is 36.5 Å². The van der Waals surface area contributed by atoms with E-state index in [0.29, 0.717) is 4.31 Å². The second-order valence-corrected chi connectivity index (χ2v) is 15.1. The minimum Gasteiger partial charge on any atom is -0.443 e. The number of carbonyl (C=O) groups excluding carboxylic acids is 2. The average molecular weight is 620 g/mol. The predicted octanol–water partition coefficient (Wildman–Crippen LogP) is 2.94. The van der Waals surface area contributed by atoms with Gasteiger partial charge in [0.25, 0.3) is 15.7 Å². The van der Waals surface area contributed by atoms with Crippen molar-refractivity contribution in [2.75, 3.05) is 6.54 Å². The molecule has 0 saturated carbocycles. The molecule has 42 heavy (non-hydrogen) atoms. The number of hydrogen-bond donors (Lipinski definition) is 0. The van der Waals surface area contributed by atoms with Gasteiger partial charge in [-0.1, -0.05) is 29.8 Å². The summed E-state index contributed by atoms with van der Waals surface area (Å²) in [4.78, 5) is 37.1. The number of fused-ring (bicyclic) bond motifs is 1. The van der Waals surface area contributed by atoms with Crippen LogP contribution in [0, 0.1) is 17.0 Å². The maximum Gasteiger partial charge on any atom is 0.424 e. The summed E-state index contributed by atoms with van der Waals surface area (Å²) in [5, 5.41) is 11.2. The maximum atomic E-state index is 14.1. The molecule has 13 nitrogen and oxygen atoms in total. The second kappa shape index (κ2) is 9.97. The Balaban J connectivity index is 1.68. The van der Waals surface area contributed by atoms with E-state index < -0.39 is 77.7 Å². The van der Waals surface area contributed by atoms with Gasteiger partial charge in [-0.25, -0.2) is 21.6 Å². The highest BCUT2D eigenvalue weighted by Crippen LogP contribution is 2.49. The minimum atomic E-state index is -4.85. The van der Waals surface area contributed by atoms with Gasteiger partial charge in [-0.05, 0) is 52.0 Å². The summed E-state index contributed by atoms with van der Waals surface area (Å²) in [5.41, 5.74) is -2.59. The molecule has 0 N–H and O–H groups in total. The van der Waals surface area contributed by atoms with E-state index in [4.69, 9.17) is 9.47 Å². The van der Waals surface area contributed by atoms with Gasteiger partial charge in [0.1, 0.15) is 23.3 Å². The van der Waals surface area contributed by atoms with Gasteiger partial charge in [0.15, 0.2) is 5.78 Å². The monoisotopic (exact) mass is 619 g/mol. The Bertz CT molecular complexity index is 1700. The molecule has 4 atom stereocenters. The molecular formula is C27H29N3O10S2. The zero-order valence-electron chi connectivity index (χ0n) is 23.2. The molecule has 1 amide bonds. The van der Waals surface area contributed by atoms with E-state index in [-0.39, 0.29) is 17.0 Å². The Labute approximate surface area is 242 Å². The van der Waals surface area contributed by atoms with E-state index in [0.717, 1.165) is 34.1 Å². The van der Waals surface area contributed by atoms with Crippen LogP contribution < -0.4 is 0 Å². The highest BCUT2D eigenvalue weighted by Gasteiger charge is 2.68. The van der Waals surface area contributed by atoms with Crippen LogP contribution in [0.15, 0.2) is 70.5 Å². The number of non-ortho nitro benzene ring substituents is 1. The summed E-state index contributed by atoms with van der Waals surface area (Å²) in [6.07, 6.45) is 0.786. The van der Waals surface area contributed by atoms with Crippen molar-refractivity contribution in [2.45, 2.75) is 73.3 Å². The Morgan fingerprint density at radius 2 is 1.67 bits per heavy atom. The van der Waals surface area contributed by atoms with Crippen molar-refractivity contribution < 1.29 is 40.8 Å². The Morgan fingerprint density at radius 1 is 1.07 bits per heavy atom. The summed E-state index contributed by atoms with van der Waals surface area (Å²) in [5.74, 6) is -0.494. The zero-order chi connectivity index (χ0) is 30.8. The molecule has 1 spiro atoms. The number of sulfonamides is 2. The number of rotatable bonds is 6. The molecule has 2 fully saturated rings. The first-order valence-electron chi connectivity index (χ1n) is 13.0. The number of aryl methyl sites for hydroxylation is 1. The molecule has 0 aliphatic carbocycles. The predicted molar refractivity (Wildman–Crippen MR) is 147 cm³/mol. The number of Topliss-reactive ketones (excluding diaryl/α,β-unsaturated/α-hetero) is 1. The van der Waals surface area contributed by atoms with Gasteiger partial charge in [0, 0.05) is 25.1 Å². The van der Waals surface area contributed by atoms with Crippen molar-refractivity contribution in [3.8, 4) is 0 Å². The lowest BCUT2D eigenvalue weighted by Gasteiger charge is -2.42. The summed E-state index contributed by atoms with van der Waals surface area (Å²) in [7, 11) is -9.24. The quantitative estimate of drug-likeness (QED) is 0.266. The highest BCUT2D eigenvalue weighted by molar-refractivity contribution is 7.90. The summed E-state index contributed by atoms with van der Waals surface area (Å²) >= 11 is 0. The summed E-state index contributed by atoms with van der Waals surface area (Å²) in [6, 6.07) is 6.78. The third kappa shape index (κ3) is 4.89. The molecule has 2 aromatic carbocycles. The third-order valence-corrected chi connectivity index (χ3v) is 10.9. The van der Waals surface area contributed by atoms with Crippen molar-refractivity contribution in [3.05, 3.63) is 76.4 Å². The Hall–Kier alpha value is -3.66. The van der Waals surface area contributed by atoms with Crippen LogP contribution in [0.2, 0.25) is 0 Å². The first kappa shape index (κ1) is 29.8. The van der Waals surface area contributed by atoms with E-state index in [1.54, 1.807) is 25.1 Å². The van der Waals surface area contributed by atoms with E-state index in [1.165, 1.54) is 39.0 Å². The van der Waals surface area contributed by atoms with Crippen LogP contribution in [0.25, 0.3) is 0 Å². The molecule has 2 bridgehead atoms. The minimum absolute atomic E-state index is 0.122. The van der Waals surface area contributed by atoms with Crippen LogP contribution in [0.1, 0.15) is 32.8 Å². The van der Waals surface area contributed by atoms with Crippen molar-refractivity contribution in [1.82, 2.24) is 8.61 Å². The first-order chi connectivity index (χ1) is 19.5. The molecule has 2 aromatic rings. The molecule has 5 rings (SSSR count). The summed E-state index contributed by atoms with van der Waals surface area (Å²) < 4.78 is 69.1. The zero-order valence-corrected chi connectivity index (χ0v) is 24.8. The van der Waals surface area contributed by atoms with Gasteiger partial charge in [-0.2, -0.15) is 8.61 Å². The highest BCUT2D eigenvalue weighted by atomic mass is 32.2. The number of nitrogens with zero attached hydrogens (tertiary/aromatic N) is 3. The fourth-order valence-corrected chi connectivity index (χ4v) is 8.65. The molecule has 0 unspecified atom stereocenters. The van der Waals surface area contributed by atoms with Crippen molar-refractivity contribution in [3.63, 3.8) is 0 Å². The Kier molecular flexibility index (Phi) is 7.08. The number of amides is 1. The van der Waals surface area contributed by atoms with Crippen molar-refractivity contribution in [1.29, 1.82) is 0 Å². The lowest BCUT2D eigenvalue weighted by atomic mass is 9.87. The number of benzene rings is 2. The lowest BCUT2D eigenvalue weighted by Crippen LogP contribution is -2.62.